The largest absolute Gasteiger partial charge is 0.319 e. The predicted octanol–water partition coefficient (Wildman–Crippen LogP) is 1.42. The highest BCUT2D eigenvalue weighted by Crippen LogP contribution is 2.06. The molecule has 0 N–H and O–H groups in total. The van der Waals surface area contributed by atoms with Crippen LogP contribution in [0.25, 0.3) is 0 Å². The lowest BCUT2D eigenvalue weighted by Gasteiger charge is -2.16. The molecule has 2 heterocycles. The number of hydrogen-bond acceptors (Lipinski definition) is 4. The molecule has 96 valence electrons. The van der Waals surface area contributed by atoms with Crippen molar-refractivity contribution in [2.45, 2.75) is 26.9 Å². The van der Waals surface area contributed by atoms with Crippen molar-refractivity contribution in [3.63, 3.8) is 0 Å². The Hall–Kier alpha value is -1.75. The molecule has 0 spiro atoms. The Morgan fingerprint density at radius 3 is 2.56 bits per heavy atom. The highest BCUT2D eigenvalue weighted by Gasteiger charge is 2.03. The monoisotopic (exact) mass is 245 g/mol. The summed E-state index contributed by atoms with van der Waals surface area (Å²) in [6.45, 7) is 6.86. The minimum absolute atomic E-state index is 0.866. The fourth-order valence-corrected chi connectivity index (χ4v) is 1.99. The van der Waals surface area contributed by atoms with E-state index in [1.165, 1.54) is 5.56 Å². The van der Waals surface area contributed by atoms with Crippen LogP contribution in [-0.2, 0) is 13.1 Å². The van der Waals surface area contributed by atoms with E-state index in [1.54, 1.807) is 12.7 Å². The van der Waals surface area contributed by atoms with Gasteiger partial charge in [-0.05, 0) is 38.6 Å². The summed E-state index contributed by atoms with van der Waals surface area (Å²) in [7, 11) is 2.10. The first-order valence-electron chi connectivity index (χ1n) is 6.08. The highest BCUT2D eigenvalue weighted by molar-refractivity contribution is 5.19. The molecule has 0 bridgehead atoms. The van der Waals surface area contributed by atoms with E-state index in [2.05, 4.69) is 46.2 Å². The zero-order chi connectivity index (χ0) is 13.0. The smallest absolute Gasteiger partial charge is 0.119 e. The van der Waals surface area contributed by atoms with Gasteiger partial charge >= 0.3 is 0 Å². The van der Waals surface area contributed by atoms with Gasteiger partial charge in [0.15, 0.2) is 0 Å². The first kappa shape index (κ1) is 12.7. The molecule has 5 heteroatoms. The van der Waals surface area contributed by atoms with Crippen LogP contribution in [-0.4, -0.2) is 38.2 Å². The van der Waals surface area contributed by atoms with Gasteiger partial charge in [-0.15, -0.1) is 10.2 Å². The quantitative estimate of drug-likeness (QED) is 0.799. The Kier molecular flexibility index (Phi) is 4.04. The summed E-state index contributed by atoms with van der Waals surface area (Å²) in [6.07, 6.45) is 3.48. The van der Waals surface area contributed by atoms with Gasteiger partial charge in [0.05, 0.1) is 5.69 Å². The maximum atomic E-state index is 4.55. The lowest BCUT2D eigenvalue weighted by atomic mass is 10.2. The van der Waals surface area contributed by atoms with Gasteiger partial charge in [-0.1, -0.05) is 0 Å². The van der Waals surface area contributed by atoms with Gasteiger partial charge in [0, 0.05) is 25.3 Å². The average molecular weight is 245 g/mol. The maximum Gasteiger partial charge on any atom is 0.119 e. The number of aromatic nitrogens is 4. The molecule has 2 rings (SSSR count). The third-order valence-corrected chi connectivity index (χ3v) is 2.79. The third-order valence-electron chi connectivity index (χ3n) is 2.79. The molecule has 18 heavy (non-hydrogen) atoms. The van der Waals surface area contributed by atoms with Crippen LogP contribution >= 0.6 is 0 Å². The summed E-state index contributed by atoms with van der Waals surface area (Å²) in [5, 5.41) is 7.58. The van der Waals surface area contributed by atoms with Crippen LogP contribution in [0.2, 0.25) is 0 Å². The van der Waals surface area contributed by atoms with E-state index in [1.807, 2.05) is 11.5 Å². The van der Waals surface area contributed by atoms with Gasteiger partial charge in [-0.25, -0.2) is 0 Å². The molecule has 0 saturated heterocycles. The molecule has 0 aliphatic heterocycles. The Balaban J connectivity index is 1.88. The zero-order valence-electron chi connectivity index (χ0n) is 11.2. The number of hydrogen-bond donors (Lipinski definition) is 0. The van der Waals surface area contributed by atoms with Crippen molar-refractivity contribution in [2.24, 2.45) is 0 Å². The molecule has 0 amide bonds. The number of rotatable bonds is 5. The second-order valence-electron chi connectivity index (χ2n) is 4.71. The van der Waals surface area contributed by atoms with Crippen molar-refractivity contribution in [1.82, 2.24) is 24.6 Å². The minimum atomic E-state index is 0.866. The standard InChI is InChI=1S/C13H19N5/c1-11-6-12(2)16-13(7-11)8-17(3)4-5-18-9-14-15-10-18/h6-7,9-10H,4-5,8H2,1-3H3. The van der Waals surface area contributed by atoms with Gasteiger partial charge in [0.25, 0.3) is 0 Å². The molecular weight excluding hydrogens is 226 g/mol. The number of pyridine rings is 1. The van der Waals surface area contributed by atoms with E-state index >= 15 is 0 Å². The van der Waals surface area contributed by atoms with Crippen molar-refractivity contribution < 1.29 is 0 Å². The van der Waals surface area contributed by atoms with Crippen LogP contribution < -0.4 is 0 Å². The molecule has 2 aromatic heterocycles. The van der Waals surface area contributed by atoms with E-state index in [0.29, 0.717) is 0 Å². The topological polar surface area (TPSA) is 46.8 Å². The van der Waals surface area contributed by atoms with Crippen LogP contribution in [0.4, 0.5) is 0 Å². The SMILES string of the molecule is Cc1cc(C)nc(CN(C)CCn2cnnc2)c1. The lowest BCUT2D eigenvalue weighted by molar-refractivity contribution is 0.307. The summed E-state index contributed by atoms with van der Waals surface area (Å²) < 4.78 is 1.98. The second kappa shape index (κ2) is 5.73. The fourth-order valence-electron chi connectivity index (χ4n) is 1.99. The van der Waals surface area contributed by atoms with Gasteiger partial charge in [-0.2, -0.15) is 0 Å². The van der Waals surface area contributed by atoms with Crippen LogP contribution in [0, 0.1) is 13.8 Å². The van der Waals surface area contributed by atoms with Crippen LogP contribution in [0.5, 0.6) is 0 Å². The van der Waals surface area contributed by atoms with Crippen molar-refractivity contribution in [3.8, 4) is 0 Å². The van der Waals surface area contributed by atoms with Gasteiger partial charge in [-0.3, -0.25) is 9.88 Å². The zero-order valence-corrected chi connectivity index (χ0v) is 11.2. The molecule has 0 radical (unpaired) electrons. The summed E-state index contributed by atoms with van der Waals surface area (Å²) in [5.74, 6) is 0. The molecule has 2 aromatic rings. The van der Waals surface area contributed by atoms with Crippen LogP contribution in [0.15, 0.2) is 24.8 Å². The average Bonchev–Trinajstić information content (AvgIpc) is 2.77. The Bertz CT molecular complexity index is 472. The minimum Gasteiger partial charge on any atom is -0.319 e. The van der Waals surface area contributed by atoms with Crippen molar-refractivity contribution in [3.05, 3.63) is 41.7 Å². The third kappa shape index (κ3) is 3.63. The Morgan fingerprint density at radius 2 is 1.89 bits per heavy atom. The molecular formula is C13H19N5. The predicted molar refractivity (Wildman–Crippen MR) is 70.1 cm³/mol. The number of nitrogens with zero attached hydrogens (tertiary/aromatic N) is 5. The molecule has 0 saturated carbocycles. The summed E-state index contributed by atoms with van der Waals surface area (Å²) in [6, 6.07) is 4.24. The maximum absolute atomic E-state index is 4.55. The fraction of sp³-hybridized carbons (Fsp3) is 0.462. The number of likely N-dealkylation sites (N-methyl/N-ethyl adjacent to an activating group) is 1. The second-order valence-corrected chi connectivity index (χ2v) is 4.71. The Morgan fingerprint density at radius 1 is 1.17 bits per heavy atom. The van der Waals surface area contributed by atoms with E-state index < -0.39 is 0 Å². The van der Waals surface area contributed by atoms with Crippen LogP contribution in [0.1, 0.15) is 17.0 Å². The molecule has 0 fully saturated rings. The molecule has 0 atom stereocenters. The van der Waals surface area contributed by atoms with Crippen molar-refractivity contribution >= 4 is 0 Å². The van der Waals surface area contributed by atoms with E-state index in [-0.39, 0.29) is 0 Å². The summed E-state index contributed by atoms with van der Waals surface area (Å²) in [5.41, 5.74) is 3.47. The van der Waals surface area contributed by atoms with Gasteiger partial charge in [0.1, 0.15) is 12.7 Å². The highest BCUT2D eigenvalue weighted by atomic mass is 15.2. The van der Waals surface area contributed by atoms with Crippen molar-refractivity contribution in [2.75, 3.05) is 13.6 Å². The van der Waals surface area contributed by atoms with Gasteiger partial charge in [0.2, 0.25) is 0 Å². The Labute approximate surface area is 107 Å². The molecule has 0 aliphatic rings. The summed E-state index contributed by atoms with van der Waals surface area (Å²) in [4.78, 5) is 6.80. The van der Waals surface area contributed by atoms with E-state index in [0.717, 1.165) is 31.0 Å². The van der Waals surface area contributed by atoms with E-state index in [4.69, 9.17) is 0 Å². The van der Waals surface area contributed by atoms with Crippen LogP contribution in [0.3, 0.4) is 0 Å². The first-order valence-corrected chi connectivity index (χ1v) is 6.08. The number of aryl methyl sites for hydroxylation is 2. The normalized spacial score (nSPS) is 11.1. The molecule has 0 aliphatic carbocycles. The van der Waals surface area contributed by atoms with Gasteiger partial charge < -0.3 is 4.57 Å². The van der Waals surface area contributed by atoms with E-state index in [9.17, 15) is 0 Å². The van der Waals surface area contributed by atoms with Crippen molar-refractivity contribution in [1.29, 1.82) is 0 Å². The molecule has 5 nitrogen and oxygen atoms in total. The first-order chi connectivity index (χ1) is 8.63. The summed E-state index contributed by atoms with van der Waals surface area (Å²) >= 11 is 0. The molecule has 0 aromatic carbocycles. The molecule has 0 unspecified atom stereocenters. The lowest BCUT2D eigenvalue weighted by Crippen LogP contribution is -2.23.